The zero-order valence-corrected chi connectivity index (χ0v) is 13.6. The molecule has 6 nitrogen and oxygen atoms in total. The van der Waals surface area contributed by atoms with Gasteiger partial charge in [-0.2, -0.15) is 0 Å². The Labute approximate surface area is 137 Å². The second-order valence-electron chi connectivity index (χ2n) is 5.84. The van der Waals surface area contributed by atoms with Crippen molar-refractivity contribution in [2.75, 3.05) is 20.3 Å². The number of rotatable bonds is 7. The SMILES string of the molecule is COCCCNC(=O)c1cc(C(=O)NC2CCCCC2)ccn1. The Balaban J connectivity index is 1.90. The van der Waals surface area contributed by atoms with E-state index in [4.69, 9.17) is 4.74 Å². The lowest BCUT2D eigenvalue weighted by atomic mass is 9.95. The molecule has 2 rings (SSSR count). The maximum Gasteiger partial charge on any atom is 0.269 e. The summed E-state index contributed by atoms with van der Waals surface area (Å²) in [6.07, 6.45) is 7.87. The fourth-order valence-electron chi connectivity index (χ4n) is 2.72. The summed E-state index contributed by atoms with van der Waals surface area (Å²) in [6, 6.07) is 3.43. The molecule has 1 aliphatic carbocycles. The molecule has 0 saturated heterocycles. The zero-order valence-electron chi connectivity index (χ0n) is 13.6. The van der Waals surface area contributed by atoms with Crippen molar-refractivity contribution in [3.63, 3.8) is 0 Å². The predicted octanol–water partition coefficient (Wildman–Crippen LogP) is 1.91. The van der Waals surface area contributed by atoms with Gasteiger partial charge in [0.05, 0.1) is 0 Å². The number of hydrogen-bond donors (Lipinski definition) is 2. The third-order valence-electron chi connectivity index (χ3n) is 4.01. The molecule has 1 aromatic heterocycles. The van der Waals surface area contributed by atoms with E-state index in [1.54, 1.807) is 19.2 Å². The van der Waals surface area contributed by atoms with Gasteiger partial charge in [-0.3, -0.25) is 14.6 Å². The van der Waals surface area contributed by atoms with Crippen LogP contribution in [-0.2, 0) is 4.74 Å². The summed E-state index contributed by atoms with van der Waals surface area (Å²) in [5, 5.41) is 5.81. The van der Waals surface area contributed by atoms with E-state index in [-0.39, 0.29) is 23.6 Å². The summed E-state index contributed by atoms with van der Waals surface area (Å²) in [7, 11) is 1.62. The van der Waals surface area contributed by atoms with E-state index in [0.29, 0.717) is 18.7 Å². The minimum Gasteiger partial charge on any atom is -0.385 e. The highest BCUT2D eigenvalue weighted by molar-refractivity contribution is 5.98. The maximum atomic E-state index is 12.3. The second-order valence-corrected chi connectivity index (χ2v) is 5.84. The van der Waals surface area contributed by atoms with Crippen LogP contribution < -0.4 is 10.6 Å². The Kier molecular flexibility index (Phi) is 7.00. The highest BCUT2D eigenvalue weighted by Gasteiger charge is 2.17. The number of methoxy groups -OCH3 is 1. The van der Waals surface area contributed by atoms with Crippen molar-refractivity contribution < 1.29 is 14.3 Å². The molecule has 6 heteroatoms. The van der Waals surface area contributed by atoms with Crippen LogP contribution in [0.15, 0.2) is 18.3 Å². The minimum absolute atomic E-state index is 0.132. The number of ether oxygens (including phenoxy) is 1. The summed E-state index contributed by atoms with van der Waals surface area (Å²) in [4.78, 5) is 28.4. The first-order chi connectivity index (χ1) is 11.2. The largest absolute Gasteiger partial charge is 0.385 e. The Morgan fingerprint density at radius 2 is 2.04 bits per heavy atom. The highest BCUT2D eigenvalue weighted by Crippen LogP contribution is 2.17. The first-order valence-electron chi connectivity index (χ1n) is 8.25. The maximum absolute atomic E-state index is 12.3. The third-order valence-corrected chi connectivity index (χ3v) is 4.01. The predicted molar refractivity (Wildman–Crippen MR) is 87.4 cm³/mol. The van der Waals surface area contributed by atoms with E-state index in [1.165, 1.54) is 12.6 Å². The minimum atomic E-state index is -0.270. The fraction of sp³-hybridized carbons (Fsp3) is 0.588. The van der Waals surface area contributed by atoms with Crippen LogP contribution >= 0.6 is 0 Å². The van der Waals surface area contributed by atoms with E-state index in [2.05, 4.69) is 15.6 Å². The molecule has 23 heavy (non-hydrogen) atoms. The van der Waals surface area contributed by atoms with E-state index in [1.807, 2.05) is 0 Å². The number of nitrogens with zero attached hydrogens (tertiary/aromatic N) is 1. The van der Waals surface area contributed by atoms with Crippen LogP contribution in [0.25, 0.3) is 0 Å². The van der Waals surface area contributed by atoms with E-state index in [0.717, 1.165) is 32.1 Å². The van der Waals surface area contributed by atoms with Gasteiger partial charge in [-0.05, 0) is 31.4 Å². The average Bonchev–Trinajstić information content (AvgIpc) is 2.59. The number of nitrogens with one attached hydrogen (secondary N) is 2. The first kappa shape index (κ1) is 17.4. The molecule has 1 saturated carbocycles. The van der Waals surface area contributed by atoms with Crippen molar-refractivity contribution in [2.45, 2.75) is 44.6 Å². The van der Waals surface area contributed by atoms with Gasteiger partial charge in [-0.1, -0.05) is 19.3 Å². The van der Waals surface area contributed by atoms with E-state index < -0.39 is 0 Å². The topological polar surface area (TPSA) is 80.3 Å². The number of carbonyl (C=O) groups excluding carboxylic acids is 2. The molecule has 0 spiro atoms. The molecule has 0 aromatic carbocycles. The smallest absolute Gasteiger partial charge is 0.269 e. The number of aromatic nitrogens is 1. The summed E-state index contributed by atoms with van der Waals surface area (Å²) in [5.41, 5.74) is 0.742. The molecule has 2 N–H and O–H groups in total. The van der Waals surface area contributed by atoms with E-state index in [9.17, 15) is 9.59 Å². The summed E-state index contributed by atoms with van der Waals surface area (Å²) >= 11 is 0. The molecule has 0 bridgehead atoms. The fourth-order valence-corrected chi connectivity index (χ4v) is 2.72. The molecule has 1 heterocycles. The van der Waals surface area contributed by atoms with Crippen LogP contribution in [0.1, 0.15) is 59.4 Å². The molecule has 1 fully saturated rings. The van der Waals surface area contributed by atoms with Crippen LogP contribution in [0.5, 0.6) is 0 Å². The van der Waals surface area contributed by atoms with Crippen LogP contribution in [0, 0.1) is 0 Å². The molecular formula is C17H25N3O3. The Morgan fingerprint density at radius 3 is 2.78 bits per heavy atom. The molecule has 0 aliphatic heterocycles. The Morgan fingerprint density at radius 1 is 1.26 bits per heavy atom. The summed E-state index contributed by atoms with van der Waals surface area (Å²) in [5.74, 6) is -0.402. The van der Waals surface area contributed by atoms with Gasteiger partial charge in [0.25, 0.3) is 11.8 Å². The number of carbonyl (C=O) groups is 2. The van der Waals surface area contributed by atoms with Crippen molar-refractivity contribution in [3.8, 4) is 0 Å². The summed E-state index contributed by atoms with van der Waals surface area (Å²) < 4.78 is 4.93. The molecule has 1 aliphatic rings. The van der Waals surface area contributed by atoms with Crippen LogP contribution in [0.4, 0.5) is 0 Å². The first-order valence-corrected chi connectivity index (χ1v) is 8.25. The third kappa shape index (κ3) is 5.63. The van der Waals surface area contributed by atoms with Crippen molar-refractivity contribution in [1.82, 2.24) is 15.6 Å². The Hall–Kier alpha value is -1.95. The molecule has 2 amide bonds. The average molecular weight is 319 g/mol. The van der Waals surface area contributed by atoms with Crippen LogP contribution in [0.3, 0.4) is 0 Å². The lowest BCUT2D eigenvalue weighted by molar-refractivity contribution is 0.0927. The molecule has 126 valence electrons. The number of amides is 2. The van der Waals surface area contributed by atoms with Gasteiger partial charge in [0.15, 0.2) is 0 Å². The number of pyridine rings is 1. The molecule has 0 unspecified atom stereocenters. The van der Waals surface area contributed by atoms with Gasteiger partial charge < -0.3 is 15.4 Å². The zero-order chi connectivity index (χ0) is 16.5. The molecule has 1 aromatic rings. The second kappa shape index (κ2) is 9.25. The van der Waals surface area contributed by atoms with Gasteiger partial charge in [0.1, 0.15) is 5.69 Å². The lowest BCUT2D eigenvalue weighted by Crippen LogP contribution is -2.36. The normalized spacial score (nSPS) is 15.2. The Bertz CT molecular complexity index is 528. The highest BCUT2D eigenvalue weighted by atomic mass is 16.5. The van der Waals surface area contributed by atoms with Crippen molar-refractivity contribution in [1.29, 1.82) is 0 Å². The number of hydrogen-bond acceptors (Lipinski definition) is 4. The van der Waals surface area contributed by atoms with E-state index >= 15 is 0 Å². The molecular weight excluding hydrogens is 294 g/mol. The standard InChI is InChI=1S/C17H25N3O3/c1-23-11-5-9-19-17(22)15-12-13(8-10-18-15)16(21)20-14-6-3-2-4-7-14/h8,10,12,14H,2-7,9,11H2,1H3,(H,19,22)(H,20,21). The summed E-state index contributed by atoms with van der Waals surface area (Å²) in [6.45, 7) is 1.12. The van der Waals surface area contributed by atoms with Gasteiger partial charge in [0, 0.05) is 38.1 Å². The van der Waals surface area contributed by atoms with Gasteiger partial charge in [0.2, 0.25) is 0 Å². The van der Waals surface area contributed by atoms with Crippen LogP contribution in [0.2, 0.25) is 0 Å². The lowest BCUT2D eigenvalue weighted by Gasteiger charge is -2.22. The van der Waals surface area contributed by atoms with Gasteiger partial charge in [-0.15, -0.1) is 0 Å². The van der Waals surface area contributed by atoms with Gasteiger partial charge >= 0.3 is 0 Å². The van der Waals surface area contributed by atoms with Crippen LogP contribution in [-0.4, -0.2) is 43.1 Å². The molecule has 0 atom stereocenters. The monoisotopic (exact) mass is 319 g/mol. The van der Waals surface area contributed by atoms with Crippen molar-refractivity contribution >= 4 is 11.8 Å². The van der Waals surface area contributed by atoms with Gasteiger partial charge in [-0.25, -0.2) is 0 Å². The van der Waals surface area contributed by atoms with Crippen molar-refractivity contribution in [2.24, 2.45) is 0 Å². The van der Waals surface area contributed by atoms with Crippen molar-refractivity contribution in [3.05, 3.63) is 29.6 Å². The quantitative estimate of drug-likeness (QED) is 0.752. The molecule has 0 radical (unpaired) electrons.